The third-order valence-corrected chi connectivity index (χ3v) is 4.11. The van der Waals surface area contributed by atoms with Gasteiger partial charge in [-0.05, 0) is 42.8 Å². The Morgan fingerprint density at radius 2 is 1.78 bits per heavy atom. The van der Waals surface area contributed by atoms with Gasteiger partial charge in [0.05, 0.1) is 6.04 Å². The normalized spacial score (nSPS) is 12.4. The second-order valence-corrected chi connectivity index (χ2v) is 5.04. The van der Waals surface area contributed by atoms with Gasteiger partial charge in [-0.1, -0.05) is 46.3 Å². The first kappa shape index (κ1) is 13.2. The summed E-state index contributed by atoms with van der Waals surface area (Å²) in [5.41, 5.74) is 3.39. The van der Waals surface area contributed by atoms with Gasteiger partial charge in [-0.2, -0.15) is 0 Å². The highest BCUT2D eigenvalue weighted by Gasteiger charge is 2.15. The van der Waals surface area contributed by atoms with Gasteiger partial charge in [-0.25, -0.2) is 4.39 Å². The van der Waals surface area contributed by atoms with Gasteiger partial charge in [0, 0.05) is 4.47 Å². The second-order valence-electron chi connectivity index (χ2n) is 4.25. The third-order valence-electron chi connectivity index (χ3n) is 3.02. The molecule has 0 saturated carbocycles. The van der Waals surface area contributed by atoms with Gasteiger partial charge < -0.3 is 5.32 Å². The molecule has 1 nitrogen and oxygen atoms in total. The van der Waals surface area contributed by atoms with E-state index in [1.54, 1.807) is 0 Å². The molecule has 1 unspecified atom stereocenters. The van der Waals surface area contributed by atoms with E-state index in [0.717, 1.165) is 15.6 Å². The van der Waals surface area contributed by atoms with Crippen molar-refractivity contribution in [1.29, 1.82) is 0 Å². The molecular weight excluding hydrogens is 293 g/mol. The van der Waals surface area contributed by atoms with Crippen LogP contribution in [0.1, 0.15) is 22.7 Å². The highest BCUT2D eigenvalue weighted by molar-refractivity contribution is 9.10. The summed E-state index contributed by atoms with van der Waals surface area (Å²) < 4.78 is 14.1. The maximum atomic E-state index is 13.0. The molecule has 0 bridgehead atoms. The summed E-state index contributed by atoms with van der Waals surface area (Å²) in [6.45, 7) is 2.06. The van der Waals surface area contributed by atoms with Crippen LogP contribution in [0.4, 0.5) is 4.39 Å². The van der Waals surface area contributed by atoms with Crippen molar-refractivity contribution < 1.29 is 4.39 Å². The topological polar surface area (TPSA) is 12.0 Å². The van der Waals surface area contributed by atoms with Crippen molar-refractivity contribution in [2.75, 3.05) is 7.05 Å². The molecule has 0 aliphatic heterocycles. The predicted molar refractivity (Wildman–Crippen MR) is 76.2 cm³/mol. The first-order chi connectivity index (χ1) is 8.63. The van der Waals surface area contributed by atoms with Crippen LogP contribution in [0.5, 0.6) is 0 Å². The zero-order chi connectivity index (χ0) is 13.1. The summed E-state index contributed by atoms with van der Waals surface area (Å²) >= 11 is 3.62. The van der Waals surface area contributed by atoms with E-state index in [9.17, 15) is 4.39 Å². The van der Waals surface area contributed by atoms with Crippen LogP contribution >= 0.6 is 15.9 Å². The molecule has 3 heteroatoms. The lowest BCUT2D eigenvalue weighted by Crippen LogP contribution is -2.18. The summed E-state index contributed by atoms with van der Waals surface area (Å²) in [5, 5.41) is 3.27. The minimum atomic E-state index is -0.211. The number of aryl methyl sites for hydroxylation is 1. The highest BCUT2D eigenvalue weighted by atomic mass is 79.9. The molecule has 1 atom stereocenters. The minimum absolute atomic E-state index is 0.0554. The Bertz CT molecular complexity index is 537. The molecule has 0 heterocycles. The monoisotopic (exact) mass is 307 g/mol. The molecule has 0 spiro atoms. The molecule has 0 amide bonds. The largest absolute Gasteiger partial charge is 0.309 e. The van der Waals surface area contributed by atoms with Gasteiger partial charge in [-0.3, -0.25) is 0 Å². The lowest BCUT2D eigenvalue weighted by Gasteiger charge is -2.19. The van der Waals surface area contributed by atoms with Crippen LogP contribution in [-0.2, 0) is 0 Å². The average Bonchev–Trinajstić information content (AvgIpc) is 2.37. The maximum Gasteiger partial charge on any atom is 0.123 e. The van der Waals surface area contributed by atoms with Gasteiger partial charge in [-0.15, -0.1) is 0 Å². The Labute approximate surface area is 115 Å². The van der Waals surface area contributed by atoms with E-state index in [2.05, 4.69) is 40.3 Å². The van der Waals surface area contributed by atoms with Crippen molar-refractivity contribution in [3.8, 4) is 0 Å². The van der Waals surface area contributed by atoms with Gasteiger partial charge in [0.1, 0.15) is 5.82 Å². The second kappa shape index (κ2) is 5.63. The predicted octanol–water partition coefficient (Wildman–Crippen LogP) is 4.21. The van der Waals surface area contributed by atoms with Gasteiger partial charge in [0.15, 0.2) is 0 Å². The van der Waals surface area contributed by atoms with Crippen LogP contribution in [0.25, 0.3) is 0 Å². The van der Waals surface area contributed by atoms with Crippen molar-refractivity contribution in [3.05, 3.63) is 69.4 Å². The molecule has 0 aliphatic rings. The quantitative estimate of drug-likeness (QED) is 0.896. The van der Waals surface area contributed by atoms with Gasteiger partial charge in [0.25, 0.3) is 0 Å². The zero-order valence-electron chi connectivity index (χ0n) is 10.4. The summed E-state index contributed by atoms with van der Waals surface area (Å²) in [4.78, 5) is 0. The number of hydrogen-bond acceptors (Lipinski definition) is 1. The minimum Gasteiger partial charge on any atom is -0.309 e. The fourth-order valence-electron chi connectivity index (χ4n) is 2.05. The van der Waals surface area contributed by atoms with Crippen LogP contribution in [0.2, 0.25) is 0 Å². The molecular formula is C15H15BrFN. The van der Waals surface area contributed by atoms with Gasteiger partial charge >= 0.3 is 0 Å². The Balaban J connectivity index is 2.45. The molecule has 0 fully saturated rings. The molecule has 0 aliphatic carbocycles. The standard InChI is InChI=1S/C15H15BrFN/c1-10-4-3-5-13(14(10)16)15(18-2)11-6-8-12(17)9-7-11/h3-9,15,18H,1-2H3. The molecule has 2 rings (SSSR count). The van der Waals surface area contributed by atoms with Crippen LogP contribution < -0.4 is 5.32 Å². The van der Waals surface area contributed by atoms with Crippen molar-refractivity contribution in [1.82, 2.24) is 5.32 Å². The molecule has 0 radical (unpaired) electrons. The fraction of sp³-hybridized carbons (Fsp3) is 0.200. The Hall–Kier alpha value is -1.19. The van der Waals surface area contributed by atoms with Crippen molar-refractivity contribution in [2.45, 2.75) is 13.0 Å². The average molecular weight is 308 g/mol. The smallest absolute Gasteiger partial charge is 0.123 e. The molecule has 2 aromatic rings. The van der Waals surface area contributed by atoms with Crippen LogP contribution in [0.3, 0.4) is 0 Å². The maximum absolute atomic E-state index is 13.0. The lowest BCUT2D eigenvalue weighted by molar-refractivity contribution is 0.623. The molecule has 2 aromatic carbocycles. The number of benzene rings is 2. The molecule has 18 heavy (non-hydrogen) atoms. The fourth-order valence-corrected chi connectivity index (χ4v) is 2.54. The van der Waals surface area contributed by atoms with E-state index in [4.69, 9.17) is 0 Å². The number of hydrogen-bond donors (Lipinski definition) is 1. The van der Waals surface area contributed by atoms with Crippen LogP contribution in [0, 0.1) is 12.7 Å². The van der Waals surface area contributed by atoms with Crippen molar-refractivity contribution >= 4 is 15.9 Å². The van der Waals surface area contributed by atoms with Crippen LogP contribution in [-0.4, -0.2) is 7.05 Å². The molecule has 0 aromatic heterocycles. The first-order valence-corrected chi connectivity index (χ1v) is 6.60. The Kier molecular flexibility index (Phi) is 4.15. The molecule has 94 valence electrons. The SMILES string of the molecule is CNC(c1ccc(F)cc1)c1cccc(C)c1Br. The zero-order valence-corrected chi connectivity index (χ0v) is 12.0. The summed E-state index contributed by atoms with van der Waals surface area (Å²) in [6.07, 6.45) is 0. The summed E-state index contributed by atoms with van der Waals surface area (Å²) in [7, 11) is 1.91. The van der Waals surface area contributed by atoms with Crippen molar-refractivity contribution in [3.63, 3.8) is 0 Å². The van der Waals surface area contributed by atoms with E-state index in [0.29, 0.717) is 0 Å². The van der Waals surface area contributed by atoms with Crippen molar-refractivity contribution in [2.24, 2.45) is 0 Å². The lowest BCUT2D eigenvalue weighted by atomic mass is 9.97. The number of nitrogens with one attached hydrogen (secondary N) is 1. The van der Waals surface area contributed by atoms with E-state index in [-0.39, 0.29) is 11.9 Å². The van der Waals surface area contributed by atoms with Crippen LogP contribution in [0.15, 0.2) is 46.9 Å². The molecule has 1 N–H and O–H groups in total. The number of halogens is 2. The first-order valence-electron chi connectivity index (χ1n) is 5.81. The Morgan fingerprint density at radius 1 is 1.11 bits per heavy atom. The highest BCUT2D eigenvalue weighted by Crippen LogP contribution is 2.30. The van der Waals surface area contributed by atoms with E-state index >= 15 is 0 Å². The van der Waals surface area contributed by atoms with Gasteiger partial charge in [0.2, 0.25) is 0 Å². The molecule has 0 saturated heterocycles. The third kappa shape index (κ3) is 2.62. The summed E-state index contributed by atoms with van der Waals surface area (Å²) in [5.74, 6) is -0.211. The van der Waals surface area contributed by atoms with E-state index in [1.165, 1.54) is 17.7 Å². The van der Waals surface area contributed by atoms with E-state index < -0.39 is 0 Å². The number of rotatable bonds is 3. The van der Waals surface area contributed by atoms with E-state index in [1.807, 2.05) is 25.2 Å². The summed E-state index contributed by atoms with van der Waals surface area (Å²) in [6, 6.07) is 12.8. The Morgan fingerprint density at radius 3 is 2.39 bits per heavy atom.